The van der Waals surface area contributed by atoms with Crippen molar-refractivity contribution in [3.8, 4) is 0 Å². The Bertz CT molecular complexity index is 1310. The zero-order chi connectivity index (χ0) is 22.8. The summed E-state index contributed by atoms with van der Waals surface area (Å²) < 4.78 is 5.94. The number of nitrogens with one attached hydrogen (secondary N) is 1. The van der Waals surface area contributed by atoms with Crippen LogP contribution in [-0.4, -0.2) is 52.9 Å². The number of furan rings is 1. The SMILES string of the molecule is Cc1cccc(C(=O)Nc2c(C(=O)N3CCN(c4ncccn4)CC3)oc3ccccc23)c1. The number of para-hydroxylation sites is 1. The summed E-state index contributed by atoms with van der Waals surface area (Å²) in [6, 6.07) is 16.4. The topological polar surface area (TPSA) is 91.6 Å². The summed E-state index contributed by atoms with van der Waals surface area (Å²) in [5, 5.41) is 3.61. The molecular formula is C25H23N5O3. The van der Waals surface area contributed by atoms with E-state index in [0.29, 0.717) is 54.3 Å². The molecule has 5 rings (SSSR count). The standard InChI is InChI=1S/C25H23N5O3/c1-17-6-4-7-18(16-17)23(31)28-21-19-8-2-3-9-20(19)33-22(21)24(32)29-12-14-30(15-13-29)25-26-10-5-11-27-25/h2-11,16H,12-15H2,1H3,(H,28,31). The van der Waals surface area contributed by atoms with Gasteiger partial charge in [0.25, 0.3) is 11.8 Å². The molecule has 8 nitrogen and oxygen atoms in total. The fourth-order valence-corrected chi connectivity index (χ4v) is 4.00. The molecule has 2 amide bonds. The lowest BCUT2D eigenvalue weighted by atomic mass is 10.1. The summed E-state index contributed by atoms with van der Waals surface area (Å²) in [5.74, 6) is 0.255. The van der Waals surface area contributed by atoms with Gasteiger partial charge >= 0.3 is 0 Å². The molecule has 0 saturated carbocycles. The number of nitrogens with zero attached hydrogens (tertiary/aromatic N) is 4. The number of benzene rings is 2. The van der Waals surface area contributed by atoms with Gasteiger partial charge in [-0.15, -0.1) is 0 Å². The number of anilines is 2. The van der Waals surface area contributed by atoms with E-state index in [9.17, 15) is 9.59 Å². The number of piperazine rings is 1. The molecule has 2 aromatic carbocycles. The van der Waals surface area contributed by atoms with Crippen molar-refractivity contribution < 1.29 is 14.0 Å². The van der Waals surface area contributed by atoms with Crippen LogP contribution in [0.5, 0.6) is 0 Å². The number of carbonyl (C=O) groups is 2. The van der Waals surface area contributed by atoms with Crippen LogP contribution in [0.2, 0.25) is 0 Å². The minimum atomic E-state index is -0.287. The van der Waals surface area contributed by atoms with E-state index in [4.69, 9.17) is 4.42 Å². The molecule has 0 atom stereocenters. The molecule has 0 spiro atoms. The maximum Gasteiger partial charge on any atom is 0.291 e. The molecule has 0 aliphatic carbocycles. The van der Waals surface area contributed by atoms with E-state index in [-0.39, 0.29) is 17.6 Å². The first-order chi connectivity index (χ1) is 16.1. The van der Waals surface area contributed by atoms with Crippen molar-refractivity contribution in [1.29, 1.82) is 0 Å². The number of fused-ring (bicyclic) bond motifs is 1. The average Bonchev–Trinajstić information content (AvgIpc) is 3.22. The Morgan fingerprint density at radius 1 is 0.939 bits per heavy atom. The minimum absolute atomic E-state index is 0.140. The van der Waals surface area contributed by atoms with Crippen molar-refractivity contribution >= 4 is 34.4 Å². The third kappa shape index (κ3) is 4.15. The molecule has 0 radical (unpaired) electrons. The largest absolute Gasteiger partial charge is 0.449 e. The van der Waals surface area contributed by atoms with Crippen molar-refractivity contribution in [3.05, 3.63) is 83.9 Å². The normalized spacial score (nSPS) is 13.8. The minimum Gasteiger partial charge on any atom is -0.449 e. The molecule has 0 bridgehead atoms. The van der Waals surface area contributed by atoms with Gasteiger partial charge in [0.2, 0.25) is 11.7 Å². The highest BCUT2D eigenvalue weighted by atomic mass is 16.3. The van der Waals surface area contributed by atoms with Crippen LogP contribution in [0.4, 0.5) is 11.6 Å². The third-order valence-corrected chi connectivity index (χ3v) is 5.71. The molecule has 4 aromatic rings. The second-order valence-corrected chi connectivity index (χ2v) is 7.95. The monoisotopic (exact) mass is 441 g/mol. The highest BCUT2D eigenvalue weighted by molar-refractivity contribution is 6.14. The van der Waals surface area contributed by atoms with Gasteiger partial charge in [-0.2, -0.15) is 0 Å². The van der Waals surface area contributed by atoms with Crippen molar-refractivity contribution in [1.82, 2.24) is 14.9 Å². The first kappa shape index (κ1) is 20.7. The number of amides is 2. The maximum atomic E-state index is 13.4. The lowest BCUT2D eigenvalue weighted by molar-refractivity contribution is 0.0718. The Morgan fingerprint density at radius 2 is 1.70 bits per heavy atom. The van der Waals surface area contributed by atoms with Crippen LogP contribution >= 0.6 is 0 Å². The van der Waals surface area contributed by atoms with Crippen LogP contribution in [0.3, 0.4) is 0 Å². The van der Waals surface area contributed by atoms with E-state index >= 15 is 0 Å². The van der Waals surface area contributed by atoms with Gasteiger partial charge in [-0.1, -0.05) is 29.8 Å². The van der Waals surface area contributed by atoms with Crippen molar-refractivity contribution in [2.24, 2.45) is 0 Å². The molecule has 166 valence electrons. The highest BCUT2D eigenvalue weighted by Gasteiger charge is 2.29. The predicted molar refractivity (Wildman–Crippen MR) is 125 cm³/mol. The van der Waals surface area contributed by atoms with Gasteiger partial charge < -0.3 is 19.5 Å². The number of aromatic nitrogens is 2. The van der Waals surface area contributed by atoms with E-state index < -0.39 is 0 Å². The van der Waals surface area contributed by atoms with Crippen molar-refractivity contribution in [2.75, 3.05) is 36.4 Å². The first-order valence-corrected chi connectivity index (χ1v) is 10.8. The van der Waals surface area contributed by atoms with Crippen molar-refractivity contribution in [2.45, 2.75) is 6.92 Å². The number of hydrogen-bond acceptors (Lipinski definition) is 6. The van der Waals surface area contributed by atoms with E-state index in [1.165, 1.54) is 0 Å². The lowest BCUT2D eigenvalue weighted by Gasteiger charge is -2.34. The van der Waals surface area contributed by atoms with Gasteiger partial charge in [0.15, 0.2) is 0 Å². The van der Waals surface area contributed by atoms with Gasteiger partial charge in [0.1, 0.15) is 11.3 Å². The van der Waals surface area contributed by atoms with Gasteiger partial charge in [0, 0.05) is 49.5 Å². The van der Waals surface area contributed by atoms with Crippen LogP contribution in [0.15, 0.2) is 71.4 Å². The van der Waals surface area contributed by atoms with Gasteiger partial charge in [-0.05, 0) is 37.3 Å². The summed E-state index contributed by atoms with van der Waals surface area (Å²) in [6.45, 7) is 4.15. The summed E-state index contributed by atoms with van der Waals surface area (Å²) in [7, 11) is 0. The molecule has 2 aromatic heterocycles. The van der Waals surface area contributed by atoms with Gasteiger partial charge in [-0.3, -0.25) is 9.59 Å². The summed E-state index contributed by atoms with van der Waals surface area (Å²) in [6.07, 6.45) is 3.41. The fourth-order valence-electron chi connectivity index (χ4n) is 4.00. The van der Waals surface area contributed by atoms with Crippen LogP contribution < -0.4 is 10.2 Å². The molecule has 1 N–H and O–H groups in total. The maximum absolute atomic E-state index is 13.4. The molecule has 1 aliphatic heterocycles. The molecular weight excluding hydrogens is 418 g/mol. The van der Waals surface area contributed by atoms with E-state index in [0.717, 1.165) is 5.56 Å². The second kappa shape index (κ2) is 8.74. The second-order valence-electron chi connectivity index (χ2n) is 7.95. The van der Waals surface area contributed by atoms with Crippen LogP contribution in [0.25, 0.3) is 11.0 Å². The lowest BCUT2D eigenvalue weighted by Crippen LogP contribution is -2.49. The zero-order valence-electron chi connectivity index (χ0n) is 18.2. The summed E-state index contributed by atoms with van der Waals surface area (Å²) in [5.41, 5.74) is 2.46. The van der Waals surface area contributed by atoms with Gasteiger partial charge in [0.05, 0.1) is 0 Å². The quantitative estimate of drug-likeness (QED) is 0.519. The highest BCUT2D eigenvalue weighted by Crippen LogP contribution is 2.32. The Labute approximate surface area is 190 Å². The molecule has 33 heavy (non-hydrogen) atoms. The van der Waals surface area contributed by atoms with E-state index in [1.54, 1.807) is 35.5 Å². The van der Waals surface area contributed by atoms with Crippen LogP contribution in [0.1, 0.15) is 26.5 Å². The molecule has 8 heteroatoms. The predicted octanol–water partition coefficient (Wildman–Crippen LogP) is 3.75. The van der Waals surface area contributed by atoms with E-state index in [2.05, 4.69) is 15.3 Å². The summed E-state index contributed by atoms with van der Waals surface area (Å²) >= 11 is 0. The Balaban J connectivity index is 1.40. The fraction of sp³-hybridized carbons (Fsp3) is 0.200. The van der Waals surface area contributed by atoms with Crippen molar-refractivity contribution in [3.63, 3.8) is 0 Å². The number of hydrogen-bond donors (Lipinski definition) is 1. The Kier molecular flexibility index (Phi) is 5.48. The van der Waals surface area contributed by atoms with Gasteiger partial charge in [-0.25, -0.2) is 9.97 Å². The molecule has 1 fully saturated rings. The molecule has 1 aliphatic rings. The van der Waals surface area contributed by atoms with E-state index in [1.807, 2.05) is 48.2 Å². The molecule has 1 saturated heterocycles. The third-order valence-electron chi connectivity index (χ3n) is 5.71. The molecule has 3 heterocycles. The number of rotatable bonds is 4. The first-order valence-electron chi connectivity index (χ1n) is 10.8. The zero-order valence-corrected chi connectivity index (χ0v) is 18.2. The summed E-state index contributed by atoms with van der Waals surface area (Å²) in [4.78, 5) is 38.8. The number of aryl methyl sites for hydroxylation is 1. The molecule has 0 unspecified atom stereocenters. The van der Waals surface area contributed by atoms with Crippen LogP contribution in [-0.2, 0) is 0 Å². The average molecular weight is 441 g/mol. The van der Waals surface area contributed by atoms with Crippen LogP contribution in [0, 0.1) is 6.92 Å². The smallest absolute Gasteiger partial charge is 0.291 e. The number of carbonyl (C=O) groups excluding carboxylic acids is 2. The Hall–Kier alpha value is -4.20. The Morgan fingerprint density at radius 3 is 2.45 bits per heavy atom.